The Kier molecular flexibility index (Phi) is 3.89. The monoisotopic (exact) mass is 233 g/mol. The summed E-state index contributed by atoms with van der Waals surface area (Å²) in [7, 11) is 1.47. The molecule has 16 heavy (non-hydrogen) atoms. The smallest absolute Gasteiger partial charge is 0.380 e. The van der Waals surface area contributed by atoms with Crippen molar-refractivity contribution in [3.8, 4) is 0 Å². The first-order valence-corrected chi connectivity index (χ1v) is 4.39. The molecule has 3 nitrogen and oxygen atoms in total. The highest BCUT2D eigenvalue weighted by atomic mass is 19.4. The van der Waals surface area contributed by atoms with Crippen molar-refractivity contribution < 1.29 is 22.7 Å². The summed E-state index contributed by atoms with van der Waals surface area (Å²) in [5.41, 5.74) is 0.777. The number of methoxy groups -OCH3 is 1. The molecule has 0 heterocycles. The van der Waals surface area contributed by atoms with Gasteiger partial charge in [-0.2, -0.15) is 13.2 Å². The topological polar surface area (TPSA) is 38.3 Å². The highest BCUT2D eigenvalue weighted by Crippen LogP contribution is 2.19. The molecule has 0 aliphatic carbocycles. The minimum absolute atomic E-state index is 0.0943. The highest BCUT2D eigenvalue weighted by Gasteiger charge is 2.38. The predicted octanol–water partition coefficient (Wildman–Crippen LogP) is 2.33. The number of anilines is 1. The van der Waals surface area contributed by atoms with Gasteiger partial charge in [0.2, 0.25) is 0 Å². The number of hydrogen-bond donors (Lipinski definition) is 1. The molecule has 0 radical (unpaired) electrons. The molecular formula is C10H10F3NO2. The Morgan fingerprint density at radius 1 is 1.44 bits per heavy atom. The SMILES string of the molecule is COCc1cccc(NC(=O)C(F)(F)F)c1. The fourth-order valence-electron chi connectivity index (χ4n) is 1.11. The van der Waals surface area contributed by atoms with Crippen molar-refractivity contribution in [2.45, 2.75) is 12.8 Å². The molecule has 0 spiro atoms. The Labute approximate surface area is 90.2 Å². The molecule has 0 fully saturated rings. The van der Waals surface area contributed by atoms with Crippen molar-refractivity contribution >= 4 is 11.6 Å². The van der Waals surface area contributed by atoms with Crippen LogP contribution in [0, 0.1) is 0 Å². The van der Waals surface area contributed by atoms with Crippen LogP contribution in [-0.4, -0.2) is 19.2 Å². The minimum Gasteiger partial charge on any atom is -0.380 e. The van der Waals surface area contributed by atoms with Crippen molar-refractivity contribution in [2.75, 3.05) is 12.4 Å². The van der Waals surface area contributed by atoms with E-state index in [1.807, 2.05) is 0 Å². The number of amides is 1. The lowest BCUT2D eigenvalue weighted by Gasteiger charge is -2.08. The minimum atomic E-state index is -4.88. The number of halogens is 3. The Balaban J connectivity index is 2.74. The summed E-state index contributed by atoms with van der Waals surface area (Å²) in [6.07, 6.45) is -4.88. The summed E-state index contributed by atoms with van der Waals surface area (Å²) in [5, 5.41) is 1.76. The summed E-state index contributed by atoms with van der Waals surface area (Å²) in [6, 6.07) is 6.03. The van der Waals surface area contributed by atoms with Crippen LogP contribution in [0.5, 0.6) is 0 Å². The lowest BCUT2D eigenvalue weighted by Crippen LogP contribution is -2.29. The molecule has 0 atom stereocenters. The molecule has 1 amide bonds. The summed E-state index contributed by atoms with van der Waals surface area (Å²) in [5.74, 6) is -1.98. The van der Waals surface area contributed by atoms with Crippen LogP contribution in [-0.2, 0) is 16.1 Å². The third kappa shape index (κ3) is 3.54. The quantitative estimate of drug-likeness (QED) is 0.870. The maximum Gasteiger partial charge on any atom is 0.471 e. The second-order valence-corrected chi connectivity index (χ2v) is 3.09. The fourth-order valence-corrected chi connectivity index (χ4v) is 1.11. The summed E-state index contributed by atoms with van der Waals surface area (Å²) in [6.45, 7) is 0.274. The van der Waals surface area contributed by atoms with Crippen LogP contribution in [0.3, 0.4) is 0 Å². The zero-order chi connectivity index (χ0) is 12.2. The largest absolute Gasteiger partial charge is 0.471 e. The van der Waals surface area contributed by atoms with E-state index in [-0.39, 0.29) is 12.3 Å². The third-order valence-corrected chi connectivity index (χ3v) is 1.75. The predicted molar refractivity (Wildman–Crippen MR) is 51.8 cm³/mol. The van der Waals surface area contributed by atoms with Crippen LogP contribution in [0.2, 0.25) is 0 Å². The van der Waals surface area contributed by atoms with Gasteiger partial charge in [0.05, 0.1) is 6.61 Å². The van der Waals surface area contributed by atoms with E-state index in [4.69, 9.17) is 4.74 Å². The molecule has 0 aromatic heterocycles. The van der Waals surface area contributed by atoms with E-state index in [1.54, 1.807) is 17.4 Å². The standard InChI is InChI=1S/C10H10F3NO2/c1-16-6-7-3-2-4-8(5-7)14-9(15)10(11,12)13/h2-5H,6H2,1H3,(H,14,15). The second kappa shape index (κ2) is 4.98. The van der Waals surface area contributed by atoms with Crippen molar-refractivity contribution in [1.82, 2.24) is 0 Å². The molecule has 88 valence electrons. The van der Waals surface area contributed by atoms with Gasteiger partial charge < -0.3 is 10.1 Å². The number of benzene rings is 1. The average Bonchev–Trinajstić information content (AvgIpc) is 2.17. The molecule has 1 aromatic rings. The van der Waals surface area contributed by atoms with E-state index in [0.29, 0.717) is 5.56 Å². The van der Waals surface area contributed by atoms with Crippen molar-refractivity contribution in [2.24, 2.45) is 0 Å². The summed E-state index contributed by atoms with van der Waals surface area (Å²) in [4.78, 5) is 10.6. The van der Waals surface area contributed by atoms with Gasteiger partial charge in [0, 0.05) is 12.8 Å². The fraction of sp³-hybridized carbons (Fsp3) is 0.300. The van der Waals surface area contributed by atoms with E-state index in [1.165, 1.54) is 19.2 Å². The van der Waals surface area contributed by atoms with Crippen LogP contribution in [0.4, 0.5) is 18.9 Å². The number of hydrogen-bond acceptors (Lipinski definition) is 2. The summed E-state index contributed by atoms with van der Waals surface area (Å²) < 4.78 is 40.7. The Hall–Kier alpha value is -1.56. The first-order chi connectivity index (χ1) is 7.43. The third-order valence-electron chi connectivity index (χ3n) is 1.75. The van der Waals surface area contributed by atoms with Crippen LogP contribution in [0.15, 0.2) is 24.3 Å². The Bertz CT molecular complexity index is 377. The number of alkyl halides is 3. The average molecular weight is 233 g/mol. The molecule has 6 heteroatoms. The number of carbonyl (C=O) groups is 1. The maximum atomic E-state index is 11.9. The van der Waals surface area contributed by atoms with E-state index < -0.39 is 12.1 Å². The first kappa shape index (κ1) is 12.5. The van der Waals surface area contributed by atoms with Gasteiger partial charge in [-0.05, 0) is 17.7 Å². The van der Waals surface area contributed by atoms with E-state index in [0.717, 1.165) is 0 Å². The van der Waals surface area contributed by atoms with Crippen LogP contribution >= 0.6 is 0 Å². The molecule has 0 bridgehead atoms. The molecule has 1 aromatic carbocycles. The van der Waals surface area contributed by atoms with Crippen molar-refractivity contribution in [1.29, 1.82) is 0 Å². The zero-order valence-electron chi connectivity index (χ0n) is 8.47. The van der Waals surface area contributed by atoms with Crippen molar-refractivity contribution in [3.05, 3.63) is 29.8 Å². The second-order valence-electron chi connectivity index (χ2n) is 3.09. The molecule has 1 N–H and O–H groups in total. The number of rotatable bonds is 3. The molecule has 0 aliphatic rings. The maximum absolute atomic E-state index is 11.9. The number of ether oxygens (including phenoxy) is 1. The lowest BCUT2D eigenvalue weighted by atomic mass is 10.2. The molecular weight excluding hydrogens is 223 g/mol. The number of carbonyl (C=O) groups excluding carboxylic acids is 1. The molecule has 1 rings (SSSR count). The lowest BCUT2D eigenvalue weighted by molar-refractivity contribution is -0.167. The van der Waals surface area contributed by atoms with Gasteiger partial charge >= 0.3 is 12.1 Å². The van der Waals surface area contributed by atoms with Crippen LogP contribution in [0.25, 0.3) is 0 Å². The summed E-state index contributed by atoms with van der Waals surface area (Å²) >= 11 is 0. The molecule has 0 saturated carbocycles. The Morgan fingerprint density at radius 3 is 2.69 bits per heavy atom. The van der Waals surface area contributed by atoms with Gasteiger partial charge in [0.1, 0.15) is 0 Å². The zero-order valence-corrected chi connectivity index (χ0v) is 8.47. The van der Waals surface area contributed by atoms with Gasteiger partial charge in [-0.15, -0.1) is 0 Å². The first-order valence-electron chi connectivity index (χ1n) is 4.39. The van der Waals surface area contributed by atoms with Gasteiger partial charge in [0.15, 0.2) is 0 Å². The van der Waals surface area contributed by atoms with Crippen molar-refractivity contribution in [3.63, 3.8) is 0 Å². The van der Waals surface area contributed by atoms with Gasteiger partial charge in [-0.1, -0.05) is 12.1 Å². The molecule has 0 aliphatic heterocycles. The van der Waals surface area contributed by atoms with Gasteiger partial charge in [0.25, 0.3) is 0 Å². The normalized spacial score (nSPS) is 11.2. The van der Waals surface area contributed by atoms with Crippen LogP contribution in [0.1, 0.15) is 5.56 Å². The number of nitrogens with one attached hydrogen (secondary N) is 1. The van der Waals surface area contributed by atoms with Gasteiger partial charge in [-0.25, -0.2) is 0 Å². The molecule has 0 saturated heterocycles. The highest BCUT2D eigenvalue weighted by molar-refractivity contribution is 5.94. The van der Waals surface area contributed by atoms with E-state index in [2.05, 4.69) is 0 Å². The van der Waals surface area contributed by atoms with E-state index in [9.17, 15) is 18.0 Å². The van der Waals surface area contributed by atoms with Crippen LogP contribution < -0.4 is 5.32 Å². The Morgan fingerprint density at radius 2 is 2.12 bits per heavy atom. The van der Waals surface area contributed by atoms with E-state index >= 15 is 0 Å². The molecule has 0 unspecified atom stereocenters. The van der Waals surface area contributed by atoms with Gasteiger partial charge in [-0.3, -0.25) is 4.79 Å².